The van der Waals surface area contributed by atoms with Crippen LogP contribution in [-0.4, -0.2) is 40.1 Å². The lowest BCUT2D eigenvalue weighted by atomic mass is 10.1. The van der Waals surface area contributed by atoms with Gasteiger partial charge in [0.2, 0.25) is 5.91 Å². The van der Waals surface area contributed by atoms with E-state index in [1.165, 1.54) is 0 Å². The summed E-state index contributed by atoms with van der Waals surface area (Å²) in [7, 11) is 0. The molecule has 16 heavy (non-hydrogen) atoms. The van der Waals surface area contributed by atoms with Crippen LogP contribution in [0.3, 0.4) is 0 Å². The number of carbonyl (C=O) groups excluding carboxylic acids is 1. The summed E-state index contributed by atoms with van der Waals surface area (Å²) >= 11 is 0. The lowest BCUT2D eigenvalue weighted by molar-refractivity contribution is -0.142. The van der Waals surface area contributed by atoms with E-state index in [9.17, 15) is 14.4 Å². The zero-order valence-corrected chi connectivity index (χ0v) is 8.97. The summed E-state index contributed by atoms with van der Waals surface area (Å²) in [6, 6.07) is -2.24. The molecule has 0 radical (unpaired) electrons. The van der Waals surface area contributed by atoms with Crippen molar-refractivity contribution in [2.45, 2.75) is 38.3 Å². The molecule has 0 bridgehead atoms. The fraction of sp³-hybridized carbons (Fsp3) is 0.667. The Balaban J connectivity index is 4.28. The first-order chi connectivity index (χ1) is 7.38. The van der Waals surface area contributed by atoms with Crippen molar-refractivity contribution in [3.63, 3.8) is 0 Å². The fourth-order valence-corrected chi connectivity index (χ4v) is 1.11. The van der Waals surface area contributed by atoms with E-state index in [2.05, 4.69) is 5.32 Å². The minimum atomic E-state index is -1.23. The standard InChI is InChI=1S/C9H16N2O5/c1-2-3-6(9(15)16)11-8(14)5(10)4-7(12)13/h5-6H,2-4,10H2,1H3,(H,11,14)(H,12,13)(H,15,16)/t5?,6-/m0/s1. The van der Waals surface area contributed by atoms with Crippen molar-refractivity contribution in [2.24, 2.45) is 5.73 Å². The number of carbonyl (C=O) groups is 3. The average Bonchev–Trinajstić information content (AvgIpc) is 2.15. The molecule has 0 aromatic heterocycles. The van der Waals surface area contributed by atoms with Crippen LogP contribution in [0, 0.1) is 0 Å². The first kappa shape index (κ1) is 14.4. The molecule has 5 N–H and O–H groups in total. The molecule has 0 saturated carbocycles. The molecule has 7 heteroatoms. The Bertz CT molecular complexity index is 279. The van der Waals surface area contributed by atoms with Crippen LogP contribution in [0.1, 0.15) is 26.2 Å². The third kappa shape index (κ3) is 5.30. The van der Waals surface area contributed by atoms with E-state index in [4.69, 9.17) is 15.9 Å². The zero-order chi connectivity index (χ0) is 12.7. The van der Waals surface area contributed by atoms with Gasteiger partial charge < -0.3 is 21.3 Å². The predicted octanol–water partition coefficient (Wildman–Crippen LogP) is -0.842. The SMILES string of the molecule is CCC[C@H](NC(=O)C(N)CC(=O)O)C(=O)O. The van der Waals surface area contributed by atoms with Gasteiger partial charge in [0.15, 0.2) is 0 Å². The number of nitrogens with one attached hydrogen (secondary N) is 1. The minimum absolute atomic E-state index is 0.279. The van der Waals surface area contributed by atoms with Crippen molar-refractivity contribution < 1.29 is 24.6 Å². The van der Waals surface area contributed by atoms with Crippen molar-refractivity contribution in [3.8, 4) is 0 Å². The topological polar surface area (TPSA) is 130 Å². The molecular formula is C9H16N2O5. The highest BCUT2D eigenvalue weighted by Crippen LogP contribution is 1.98. The van der Waals surface area contributed by atoms with Gasteiger partial charge in [-0.05, 0) is 6.42 Å². The average molecular weight is 232 g/mol. The van der Waals surface area contributed by atoms with Crippen molar-refractivity contribution in [2.75, 3.05) is 0 Å². The molecule has 0 rings (SSSR count). The van der Waals surface area contributed by atoms with E-state index in [1.807, 2.05) is 0 Å². The molecule has 1 unspecified atom stereocenters. The van der Waals surface area contributed by atoms with Gasteiger partial charge in [0.1, 0.15) is 6.04 Å². The molecule has 0 spiro atoms. The Morgan fingerprint density at radius 2 is 1.88 bits per heavy atom. The van der Waals surface area contributed by atoms with E-state index in [-0.39, 0.29) is 6.42 Å². The molecule has 2 atom stereocenters. The van der Waals surface area contributed by atoms with Gasteiger partial charge in [-0.3, -0.25) is 9.59 Å². The van der Waals surface area contributed by atoms with Crippen molar-refractivity contribution >= 4 is 17.8 Å². The van der Waals surface area contributed by atoms with Crippen LogP contribution in [0.15, 0.2) is 0 Å². The van der Waals surface area contributed by atoms with Crippen LogP contribution in [-0.2, 0) is 14.4 Å². The second kappa shape index (κ2) is 6.78. The summed E-state index contributed by atoms with van der Waals surface area (Å²) in [5.74, 6) is -3.12. The Kier molecular flexibility index (Phi) is 6.09. The van der Waals surface area contributed by atoms with Gasteiger partial charge in [-0.1, -0.05) is 13.3 Å². The minimum Gasteiger partial charge on any atom is -0.481 e. The molecular weight excluding hydrogens is 216 g/mol. The maximum Gasteiger partial charge on any atom is 0.326 e. The van der Waals surface area contributed by atoms with Crippen LogP contribution in [0.25, 0.3) is 0 Å². The summed E-state index contributed by atoms with van der Waals surface area (Å²) in [6.07, 6.45) is 0.344. The quantitative estimate of drug-likeness (QED) is 0.452. The lowest BCUT2D eigenvalue weighted by Crippen LogP contribution is -2.49. The number of carboxylic acids is 2. The third-order valence-electron chi connectivity index (χ3n) is 1.92. The second-order valence-electron chi connectivity index (χ2n) is 3.39. The van der Waals surface area contributed by atoms with Crippen LogP contribution in [0.5, 0.6) is 0 Å². The van der Waals surface area contributed by atoms with Gasteiger partial charge in [0, 0.05) is 0 Å². The van der Waals surface area contributed by atoms with Crippen molar-refractivity contribution in [1.82, 2.24) is 5.32 Å². The normalized spacial score (nSPS) is 13.9. The molecule has 0 aromatic carbocycles. The zero-order valence-electron chi connectivity index (χ0n) is 8.97. The van der Waals surface area contributed by atoms with Crippen LogP contribution in [0.2, 0.25) is 0 Å². The van der Waals surface area contributed by atoms with Gasteiger partial charge in [-0.15, -0.1) is 0 Å². The molecule has 7 nitrogen and oxygen atoms in total. The van der Waals surface area contributed by atoms with Gasteiger partial charge in [0.05, 0.1) is 12.5 Å². The second-order valence-corrected chi connectivity index (χ2v) is 3.39. The van der Waals surface area contributed by atoms with Gasteiger partial charge in [-0.25, -0.2) is 4.79 Å². The summed E-state index contributed by atoms with van der Waals surface area (Å²) in [5.41, 5.74) is 5.28. The van der Waals surface area contributed by atoms with Gasteiger partial charge in [0.25, 0.3) is 0 Å². The highest BCUT2D eigenvalue weighted by molar-refractivity contribution is 5.89. The number of rotatable bonds is 7. The Morgan fingerprint density at radius 3 is 2.25 bits per heavy atom. The van der Waals surface area contributed by atoms with Crippen molar-refractivity contribution in [1.29, 1.82) is 0 Å². The lowest BCUT2D eigenvalue weighted by Gasteiger charge is -2.16. The molecule has 92 valence electrons. The van der Waals surface area contributed by atoms with Crippen LogP contribution < -0.4 is 11.1 Å². The number of hydrogen-bond acceptors (Lipinski definition) is 4. The highest BCUT2D eigenvalue weighted by atomic mass is 16.4. The van der Waals surface area contributed by atoms with E-state index in [0.29, 0.717) is 6.42 Å². The van der Waals surface area contributed by atoms with Crippen molar-refractivity contribution in [3.05, 3.63) is 0 Å². The number of amides is 1. The summed E-state index contributed by atoms with van der Waals surface area (Å²) in [5, 5.41) is 19.3. The molecule has 1 amide bonds. The van der Waals surface area contributed by atoms with Crippen LogP contribution >= 0.6 is 0 Å². The largest absolute Gasteiger partial charge is 0.481 e. The summed E-state index contributed by atoms with van der Waals surface area (Å²) in [6.45, 7) is 1.78. The maximum absolute atomic E-state index is 11.3. The molecule has 0 aliphatic rings. The first-order valence-corrected chi connectivity index (χ1v) is 4.89. The fourth-order valence-electron chi connectivity index (χ4n) is 1.11. The van der Waals surface area contributed by atoms with Crippen LogP contribution in [0.4, 0.5) is 0 Å². The highest BCUT2D eigenvalue weighted by Gasteiger charge is 2.23. The monoisotopic (exact) mass is 232 g/mol. The molecule has 0 aromatic rings. The first-order valence-electron chi connectivity index (χ1n) is 4.89. The number of aliphatic carboxylic acids is 2. The third-order valence-corrected chi connectivity index (χ3v) is 1.92. The number of nitrogens with two attached hydrogens (primary N) is 1. The molecule has 0 aliphatic carbocycles. The van der Waals surface area contributed by atoms with E-state index in [0.717, 1.165) is 0 Å². The predicted molar refractivity (Wildman–Crippen MR) is 54.7 cm³/mol. The van der Waals surface area contributed by atoms with E-state index < -0.39 is 36.4 Å². The molecule has 0 fully saturated rings. The van der Waals surface area contributed by atoms with Gasteiger partial charge >= 0.3 is 11.9 Å². The smallest absolute Gasteiger partial charge is 0.326 e. The maximum atomic E-state index is 11.3. The molecule has 0 aliphatic heterocycles. The Labute approximate surface area is 92.6 Å². The van der Waals surface area contributed by atoms with E-state index >= 15 is 0 Å². The Morgan fingerprint density at radius 1 is 1.31 bits per heavy atom. The summed E-state index contributed by atoms with van der Waals surface area (Å²) in [4.78, 5) is 32.3. The van der Waals surface area contributed by atoms with Gasteiger partial charge in [-0.2, -0.15) is 0 Å². The molecule has 0 saturated heterocycles. The number of hydrogen-bond donors (Lipinski definition) is 4. The molecule has 0 heterocycles. The Hall–Kier alpha value is -1.63. The number of carboxylic acid groups (broad SMARTS) is 2. The van der Waals surface area contributed by atoms with E-state index in [1.54, 1.807) is 6.92 Å². The summed E-state index contributed by atoms with van der Waals surface area (Å²) < 4.78 is 0.